The maximum absolute atomic E-state index is 10.8. The van der Waals surface area contributed by atoms with Crippen LogP contribution in [0.1, 0.15) is 24.7 Å². The van der Waals surface area contributed by atoms with Gasteiger partial charge in [0.2, 0.25) is 0 Å². The lowest BCUT2D eigenvalue weighted by molar-refractivity contribution is -0.384. The molecule has 0 saturated heterocycles. The number of nitrogens with zero attached hydrogens (tertiary/aromatic N) is 1. The van der Waals surface area contributed by atoms with Gasteiger partial charge in [0.15, 0.2) is 0 Å². The van der Waals surface area contributed by atoms with E-state index in [1.807, 2.05) is 12.1 Å². The van der Waals surface area contributed by atoms with Crippen LogP contribution in [0.4, 0.5) is 5.69 Å². The molecule has 0 aliphatic carbocycles. The van der Waals surface area contributed by atoms with E-state index < -0.39 is 4.92 Å². The van der Waals surface area contributed by atoms with Gasteiger partial charge in [-0.2, -0.15) is 0 Å². The molecule has 2 rings (SSSR count). The molecule has 1 aromatic carbocycles. The molecule has 0 saturated carbocycles. The number of halogens is 1. The van der Waals surface area contributed by atoms with Crippen molar-refractivity contribution in [3.63, 3.8) is 0 Å². The first kappa shape index (κ1) is 15.5. The summed E-state index contributed by atoms with van der Waals surface area (Å²) >= 11 is 6.07. The molecule has 6 heteroatoms. The van der Waals surface area contributed by atoms with Crippen LogP contribution in [0.15, 0.2) is 41.0 Å². The molecule has 1 unspecified atom stereocenters. The number of nitro benzene ring substituents is 1. The number of benzene rings is 1. The lowest BCUT2D eigenvalue weighted by Crippen LogP contribution is -2.26. The highest BCUT2D eigenvalue weighted by molar-refractivity contribution is 6.31. The Morgan fingerprint density at radius 3 is 2.90 bits per heavy atom. The third-order valence-corrected chi connectivity index (χ3v) is 3.65. The van der Waals surface area contributed by atoms with Crippen molar-refractivity contribution >= 4 is 17.3 Å². The first-order valence-electron chi connectivity index (χ1n) is 6.75. The Morgan fingerprint density at radius 1 is 1.43 bits per heavy atom. The zero-order chi connectivity index (χ0) is 15.2. The molecule has 21 heavy (non-hydrogen) atoms. The highest BCUT2D eigenvalue weighted by Gasteiger charge is 2.11. The Kier molecular flexibility index (Phi) is 5.36. The molecule has 2 aromatic rings. The fourth-order valence-corrected chi connectivity index (χ4v) is 2.19. The number of nitrogens with one attached hydrogen (secondary N) is 1. The number of non-ortho nitro benzene ring substituents is 1. The van der Waals surface area contributed by atoms with Crippen LogP contribution in [0.2, 0.25) is 5.02 Å². The van der Waals surface area contributed by atoms with Gasteiger partial charge in [-0.1, -0.05) is 11.6 Å². The van der Waals surface area contributed by atoms with Crippen molar-refractivity contribution < 1.29 is 9.34 Å². The summed E-state index contributed by atoms with van der Waals surface area (Å²) in [6.45, 7) is 2.56. The molecule has 0 aliphatic heterocycles. The van der Waals surface area contributed by atoms with E-state index in [2.05, 4.69) is 12.2 Å². The highest BCUT2D eigenvalue weighted by Crippen LogP contribution is 2.22. The van der Waals surface area contributed by atoms with Gasteiger partial charge in [-0.05, 0) is 37.1 Å². The van der Waals surface area contributed by atoms with Gasteiger partial charge in [0, 0.05) is 36.2 Å². The van der Waals surface area contributed by atoms with E-state index in [0.717, 1.165) is 24.2 Å². The van der Waals surface area contributed by atoms with E-state index in [1.165, 1.54) is 12.1 Å². The molecule has 112 valence electrons. The Morgan fingerprint density at radius 2 is 2.24 bits per heavy atom. The van der Waals surface area contributed by atoms with Crippen LogP contribution in [0, 0.1) is 10.1 Å². The largest absolute Gasteiger partial charge is 0.469 e. The summed E-state index contributed by atoms with van der Waals surface area (Å²) in [6.07, 6.45) is 3.43. The summed E-state index contributed by atoms with van der Waals surface area (Å²) in [6, 6.07) is 8.55. The van der Waals surface area contributed by atoms with Crippen LogP contribution in [-0.4, -0.2) is 11.0 Å². The van der Waals surface area contributed by atoms with Gasteiger partial charge in [0.25, 0.3) is 5.69 Å². The van der Waals surface area contributed by atoms with E-state index in [0.29, 0.717) is 11.6 Å². The Labute approximate surface area is 128 Å². The van der Waals surface area contributed by atoms with Crippen LogP contribution in [0.25, 0.3) is 0 Å². The van der Waals surface area contributed by atoms with E-state index >= 15 is 0 Å². The molecule has 1 heterocycles. The van der Waals surface area contributed by atoms with Crippen LogP contribution in [0.5, 0.6) is 0 Å². The van der Waals surface area contributed by atoms with Gasteiger partial charge in [0.1, 0.15) is 5.76 Å². The second-order valence-corrected chi connectivity index (χ2v) is 5.34. The number of hydrogen-bond acceptors (Lipinski definition) is 4. The zero-order valence-electron chi connectivity index (χ0n) is 11.7. The summed E-state index contributed by atoms with van der Waals surface area (Å²) in [5.41, 5.74) is 0.787. The molecule has 0 bridgehead atoms. The van der Waals surface area contributed by atoms with Crippen molar-refractivity contribution in [1.29, 1.82) is 0 Å². The lowest BCUT2D eigenvalue weighted by Gasteiger charge is -2.13. The average Bonchev–Trinajstić information content (AvgIpc) is 2.97. The molecule has 1 atom stereocenters. The van der Waals surface area contributed by atoms with Crippen LogP contribution >= 0.6 is 11.6 Å². The molecule has 0 fully saturated rings. The van der Waals surface area contributed by atoms with Crippen molar-refractivity contribution in [3.05, 3.63) is 63.1 Å². The molecule has 0 aliphatic rings. The van der Waals surface area contributed by atoms with Crippen molar-refractivity contribution in [2.24, 2.45) is 0 Å². The first-order chi connectivity index (χ1) is 10.1. The molecule has 5 nitrogen and oxygen atoms in total. The van der Waals surface area contributed by atoms with E-state index in [4.69, 9.17) is 16.0 Å². The van der Waals surface area contributed by atoms with Crippen molar-refractivity contribution in [3.8, 4) is 0 Å². The summed E-state index contributed by atoms with van der Waals surface area (Å²) < 4.78 is 5.28. The smallest absolute Gasteiger partial charge is 0.269 e. The normalized spacial score (nSPS) is 12.3. The van der Waals surface area contributed by atoms with Gasteiger partial charge in [-0.3, -0.25) is 10.1 Å². The van der Waals surface area contributed by atoms with Crippen LogP contribution < -0.4 is 5.32 Å². The Balaban J connectivity index is 1.87. The van der Waals surface area contributed by atoms with Crippen molar-refractivity contribution in [2.75, 3.05) is 0 Å². The third-order valence-electron chi connectivity index (χ3n) is 3.28. The molecular formula is C15H17ClN2O3. The molecule has 1 aromatic heterocycles. The topological polar surface area (TPSA) is 68.3 Å². The van der Waals surface area contributed by atoms with Crippen LogP contribution in [-0.2, 0) is 13.0 Å². The monoisotopic (exact) mass is 308 g/mol. The maximum atomic E-state index is 10.8. The van der Waals surface area contributed by atoms with Gasteiger partial charge in [0.05, 0.1) is 11.2 Å². The quantitative estimate of drug-likeness (QED) is 0.621. The van der Waals surface area contributed by atoms with Crippen molar-refractivity contribution in [2.45, 2.75) is 32.4 Å². The fraction of sp³-hybridized carbons (Fsp3) is 0.333. The minimum Gasteiger partial charge on any atom is -0.469 e. The molecular weight excluding hydrogens is 292 g/mol. The van der Waals surface area contributed by atoms with Gasteiger partial charge >= 0.3 is 0 Å². The number of hydrogen-bond donors (Lipinski definition) is 1. The Hall–Kier alpha value is -1.85. The van der Waals surface area contributed by atoms with Crippen LogP contribution in [0.3, 0.4) is 0 Å². The fourth-order valence-electron chi connectivity index (χ4n) is 2.01. The predicted octanol–water partition coefficient (Wildman–Crippen LogP) is 3.95. The highest BCUT2D eigenvalue weighted by atomic mass is 35.5. The summed E-state index contributed by atoms with van der Waals surface area (Å²) in [5, 5.41) is 14.6. The van der Waals surface area contributed by atoms with Gasteiger partial charge in [-0.15, -0.1) is 0 Å². The van der Waals surface area contributed by atoms with Crippen molar-refractivity contribution in [1.82, 2.24) is 5.32 Å². The second-order valence-electron chi connectivity index (χ2n) is 4.93. The second kappa shape index (κ2) is 7.24. The summed E-state index contributed by atoms with van der Waals surface area (Å²) in [7, 11) is 0. The number of rotatable bonds is 7. The number of furan rings is 1. The zero-order valence-corrected chi connectivity index (χ0v) is 12.5. The SMILES string of the molecule is CC(CCc1ccco1)NCc1cc([N+](=O)[O-])ccc1Cl. The minimum atomic E-state index is -0.417. The average molecular weight is 309 g/mol. The first-order valence-corrected chi connectivity index (χ1v) is 7.12. The Bertz CT molecular complexity index is 599. The predicted molar refractivity (Wildman–Crippen MR) is 81.4 cm³/mol. The number of nitro groups is 1. The van der Waals surface area contributed by atoms with E-state index in [1.54, 1.807) is 12.3 Å². The third kappa shape index (κ3) is 4.58. The molecule has 0 spiro atoms. The lowest BCUT2D eigenvalue weighted by atomic mass is 10.1. The van der Waals surface area contributed by atoms with Gasteiger partial charge in [-0.25, -0.2) is 0 Å². The minimum absolute atomic E-state index is 0.0550. The van der Waals surface area contributed by atoms with E-state index in [-0.39, 0.29) is 11.7 Å². The van der Waals surface area contributed by atoms with Gasteiger partial charge < -0.3 is 9.73 Å². The standard InChI is InChI=1S/C15H17ClN2O3/c1-11(4-6-14-3-2-8-21-14)17-10-12-9-13(18(19)20)5-7-15(12)16/h2-3,5,7-9,11,17H,4,6,10H2,1H3. The molecule has 0 amide bonds. The van der Waals surface area contributed by atoms with E-state index in [9.17, 15) is 10.1 Å². The summed E-state index contributed by atoms with van der Waals surface area (Å²) in [4.78, 5) is 10.4. The number of aryl methyl sites for hydroxylation is 1. The maximum Gasteiger partial charge on any atom is 0.269 e. The summed E-state index contributed by atoms with van der Waals surface area (Å²) in [5.74, 6) is 0.956. The molecule has 1 N–H and O–H groups in total. The molecule has 0 radical (unpaired) electrons.